The van der Waals surface area contributed by atoms with Gasteiger partial charge in [-0.05, 0) is 68.4 Å². The van der Waals surface area contributed by atoms with Gasteiger partial charge in [-0.3, -0.25) is 4.79 Å². The van der Waals surface area contributed by atoms with Crippen molar-refractivity contribution in [3.05, 3.63) is 77.4 Å². The number of aliphatic hydroxyl groups is 1. The highest BCUT2D eigenvalue weighted by molar-refractivity contribution is 7.89. The zero-order chi connectivity index (χ0) is 31.7. The minimum atomic E-state index is -3.67. The summed E-state index contributed by atoms with van der Waals surface area (Å²) in [5.41, 5.74) is 3.12. The first-order valence-corrected chi connectivity index (χ1v) is 17.5. The van der Waals surface area contributed by atoms with Gasteiger partial charge in [-0.25, -0.2) is 8.42 Å². The van der Waals surface area contributed by atoms with Gasteiger partial charge in [-0.1, -0.05) is 68.3 Å². The summed E-state index contributed by atoms with van der Waals surface area (Å²) < 4.78 is 39.9. The molecule has 10 heteroatoms. The topological polar surface area (TPSA) is 117 Å². The third kappa shape index (κ3) is 9.14. The van der Waals surface area contributed by atoms with E-state index < -0.39 is 34.1 Å². The predicted molar refractivity (Wildman–Crippen MR) is 173 cm³/mol. The third-order valence-corrected chi connectivity index (χ3v) is 10.3. The number of amides is 1. The average Bonchev–Trinajstić information content (AvgIpc) is 3.33. The van der Waals surface area contributed by atoms with Crippen molar-refractivity contribution in [3.8, 4) is 5.75 Å². The molecule has 2 aromatic carbocycles. The lowest BCUT2D eigenvalue weighted by atomic mass is 9.99. The van der Waals surface area contributed by atoms with Crippen LogP contribution in [0.5, 0.6) is 5.75 Å². The molecule has 0 aromatic heterocycles. The number of likely N-dealkylation sites (N-methyl/N-ethyl adjacent to an activating group) is 1. The number of unbranched alkanes of at least 4 members (excludes halogenated alkanes) is 2. The molecule has 3 N–H and O–H groups in total. The SMILES string of the molecule is CCCCCS(=O)(=O)N(C)[C@H]1C/C=C/CO[C@@H]2C[C@H](NC[C@@H](O)[C@H](Cc3ccccc3)NC1=O)c1cc(OC(C)C)ccc12. The van der Waals surface area contributed by atoms with Crippen LogP contribution in [0, 0.1) is 0 Å². The summed E-state index contributed by atoms with van der Waals surface area (Å²) in [6, 6.07) is 14.1. The zero-order valence-electron chi connectivity index (χ0n) is 26.4. The summed E-state index contributed by atoms with van der Waals surface area (Å²) in [6.07, 6.45) is 6.13. The van der Waals surface area contributed by atoms with Gasteiger partial charge in [0.2, 0.25) is 15.9 Å². The van der Waals surface area contributed by atoms with Crippen molar-refractivity contribution in [3.63, 3.8) is 0 Å². The molecule has 2 aromatic rings. The molecule has 9 nitrogen and oxygen atoms in total. The number of nitrogens with one attached hydrogen (secondary N) is 2. The maximum absolute atomic E-state index is 13.8. The number of rotatable bonds is 10. The molecule has 1 heterocycles. The number of fused-ring (bicyclic) bond motifs is 5. The fourth-order valence-electron chi connectivity index (χ4n) is 5.91. The van der Waals surface area contributed by atoms with Gasteiger partial charge >= 0.3 is 0 Å². The molecule has 4 rings (SSSR count). The van der Waals surface area contributed by atoms with E-state index in [1.54, 1.807) is 0 Å². The van der Waals surface area contributed by atoms with E-state index in [0.717, 1.165) is 35.3 Å². The van der Waals surface area contributed by atoms with Crippen molar-refractivity contribution in [2.45, 2.75) is 95.7 Å². The number of carbonyl (C=O) groups excluding carboxylic acids is 1. The lowest BCUT2D eigenvalue weighted by Crippen LogP contribution is -2.55. The van der Waals surface area contributed by atoms with Crippen LogP contribution in [0.15, 0.2) is 60.7 Å². The van der Waals surface area contributed by atoms with E-state index >= 15 is 0 Å². The predicted octanol–water partition coefficient (Wildman–Crippen LogP) is 4.43. The van der Waals surface area contributed by atoms with Gasteiger partial charge in [0.05, 0.1) is 36.7 Å². The van der Waals surface area contributed by atoms with E-state index in [9.17, 15) is 18.3 Å². The lowest BCUT2D eigenvalue weighted by Gasteiger charge is -2.31. The molecule has 0 radical (unpaired) electrons. The standard InChI is InChI=1S/C34H49N3O6S/c1-5-6-12-19-44(40,41)37(4)31-15-10-11-18-42-33-22-29(28-21-26(43-24(2)3)16-17-27(28)33)35-23-32(38)30(36-34(31)39)20-25-13-8-7-9-14-25/h7-11,13-14,16-17,21,24,29-33,35,38H,5-6,12,15,18-20,22-23H2,1-4H3,(H,36,39)/b11-10+/t29-,30-,31-,32+,33+/m0/s1. The van der Waals surface area contributed by atoms with Crippen LogP contribution >= 0.6 is 0 Å². The van der Waals surface area contributed by atoms with Crippen LogP contribution in [0.2, 0.25) is 0 Å². The van der Waals surface area contributed by atoms with Gasteiger partial charge in [0, 0.05) is 19.6 Å². The molecule has 0 saturated heterocycles. The summed E-state index contributed by atoms with van der Waals surface area (Å²) >= 11 is 0. The second-order valence-corrected chi connectivity index (χ2v) is 14.3. The fourth-order valence-corrected chi connectivity index (χ4v) is 7.33. The number of hydrogen-bond acceptors (Lipinski definition) is 7. The van der Waals surface area contributed by atoms with Crippen molar-refractivity contribution < 1.29 is 27.8 Å². The van der Waals surface area contributed by atoms with Gasteiger partial charge < -0.3 is 25.2 Å². The van der Waals surface area contributed by atoms with Gasteiger partial charge in [0.1, 0.15) is 11.8 Å². The Bertz CT molecular complexity index is 1350. The van der Waals surface area contributed by atoms with Crippen LogP contribution in [-0.4, -0.2) is 74.0 Å². The summed E-state index contributed by atoms with van der Waals surface area (Å²) in [5.74, 6) is 0.338. The molecule has 0 fully saturated rings. The first kappa shape index (κ1) is 34.1. The molecule has 2 aliphatic rings. The second kappa shape index (κ2) is 16.0. The fraction of sp³-hybridized carbons (Fsp3) is 0.559. The Balaban J connectivity index is 1.63. The first-order chi connectivity index (χ1) is 21.1. The van der Waals surface area contributed by atoms with Crippen LogP contribution in [0.4, 0.5) is 0 Å². The smallest absolute Gasteiger partial charge is 0.239 e. The maximum atomic E-state index is 13.8. The number of carbonyl (C=O) groups is 1. The second-order valence-electron chi connectivity index (χ2n) is 12.1. The number of aliphatic hydroxyl groups excluding tert-OH is 1. The average molecular weight is 628 g/mol. The zero-order valence-corrected chi connectivity index (χ0v) is 27.3. The molecule has 1 amide bonds. The molecular formula is C34H49N3O6S. The van der Waals surface area contributed by atoms with Crippen LogP contribution in [0.1, 0.15) is 81.7 Å². The van der Waals surface area contributed by atoms with Crippen molar-refractivity contribution >= 4 is 15.9 Å². The van der Waals surface area contributed by atoms with E-state index in [-0.39, 0.29) is 37.0 Å². The highest BCUT2D eigenvalue weighted by atomic mass is 32.2. The molecule has 242 valence electrons. The van der Waals surface area contributed by atoms with Crippen molar-refractivity contribution in [2.75, 3.05) is 26.0 Å². The molecular weight excluding hydrogens is 578 g/mol. The van der Waals surface area contributed by atoms with E-state index in [0.29, 0.717) is 25.9 Å². The Morgan fingerprint density at radius 2 is 1.86 bits per heavy atom. The van der Waals surface area contributed by atoms with Crippen molar-refractivity contribution in [1.82, 2.24) is 14.9 Å². The lowest BCUT2D eigenvalue weighted by molar-refractivity contribution is -0.126. The van der Waals surface area contributed by atoms with Gasteiger partial charge in [0.25, 0.3) is 0 Å². The Morgan fingerprint density at radius 1 is 1.09 bits per heavy atom. The highest BCUT2D eigenvalue weighted by Gasteiger charge is 2.35. The van der Waals surface area contributed by atoms with Crippen molar-refractivity contribution in [1.29, 1.82) is 0 Å². The van der Waals surface area contributed by atoms with E-state index in [2.05, 4.69) is 16.7 Å². The first-order valence-electron chi connectivity index (χ1n) is 15.9. The quantitative estimate of drug-likeness (QED) is 0.264. The van der Waals surface area contributed by atoms with Crippen LogP contribution in [0.25, 0.3) is 0 Å². The van der Waals surface area contributed by atoms with E-state index in [1.807, 2.05) is 75.4 Å². The number of benzene rings is 2. The normalized spacial score (nSPS) is 25.6. The number of β-amino-alcohol motifs (C(OH)–C–C–N with tert-alkyl or cyclic N) is 1. The van der Waals surface area contributed by atoms with Gasteiger partial charge in [0.15, 0.2) is 0 Å². The van der Waals surface area contributed by atoms with Crippen LogP contribution in [0.3, 0.4) is 0 Å². The summed E-state index contributed by atoms with van der Waals surface area (Å²) in [5, 5.41) is 18.1. The Labute approximate surface area is 263 Å². The summed E-state index contributed by atoms with van der Waals surface area (Å²) in [4.78, 5) is 13.8. The molecule has 2 bridgehead atoms. The van der Waals surface area contributed by atoms with E-state index in [1.165, 1.54) is 11.4 Å². The van der Waals surface area contributed by atoms with Gasteiger partial charge in [-0.2, -0.15) is 4.31 Å². The van der Waals surface area contributed by atoms with Crippen LogP contribution < -0.4 is 15.4 Å². The van der Waals surface area contributed by atoms with Gasteiger partial charge in [-0.15, -0.1) is 0 Å². The van der Waals surface area contributed by atoms with Crippen molar-refractivity contribution in [2.24, 2.45) is 0 Å². The Morgan fingerprint density at radius 3 is 2.59 bits per heavy atom. The van der Waals surface area contributed by atoms with Crippen LogP contribution in [-0.2, 0) is 26.0 Å². The molecule has 0 spiro atoms. The minimum absolute atomic E-state index is 0.0136. The molecule has 44 heavy (non-hydrogen) atoms. The summed E-state index contributed by atoms with van der Waals surface area (Å²) in [6.45, 7) is 6.55. The largest absolute Gasteiger partial charge is 0.491 e. The molecule has 1 aliphatic carbocycles. The molecule has 1 aliphatic heterocycles. The molecule has 0 unspecified atom stereocenters. The number of sulfonamides is 1. The Kier molecular flexibility index (Phi) is 12.4. The molecule has 0 saturated carbocycles. The minimum Gasteiger partial charge on any atom is -0.491 e. The third-order valence-electron chi connectivity index (χ3n) is 8.37. The maximum Gasteiger partial charge on any atom is 0.239 e. The molecule has 5 atom stereocenters. The number of hydrogen-bond donors (Lipinski definition) is 3. The van der Waals surface area contributed by atoms with E-state index in [4.69, 9.17) is 9.47 Å². The number of nitrogens with zero attached hydrogens (tertiary/aromatic N) is 1. The number of ether oxygens (including phenoxy) is 2. The highest BCUT2D eigenvalue weighted by Crippen LogP contribution is 2.42. The monoisotopic (exact) mass is 627 g/mol. The Hall–Kier alpha value is -2.76. The summed E-state index contributed by atoms with van der Waals surface area (Å²) in [7, 11) is -2.20.